The summed E-state index contributed by atoms with van der Waals surface area (Å²) >= 11 is 0. The molecule has 138 valence electrons. The molecule has 27 heavy (non-hydrogen) atoms. The van der Waals surface area contributed by atoms with Crippen LogP contribution in [-0.2, 0) is 17.9 Å². The lowest BCUT2D eigenvalue weighted by atomic mass is 10.2. The molecule has 0 saturated carbocycles. The van der Waals surface area contributed by atoms with Gasteiger partial charge in [-0.05, 0) is 59.7 Å². The summed E-state index contributed by atoms with van der Waals surface area (Å²) in [6.07, 6.45) is 3.35. The fraction of sp³-hybridized carbons (Fsp3) is 0.143. The number of hydrogen-bond acceptors (Lipinski definition) is 4. The standard InChI is InChI=1S/C21H19FN2O3/c22-18-3-1-2-17(12-18)14-26-19-4-6-20(7-5-19)27-15-21(25)24-13-16-8-10-23-11-9-16/h1-12H,13-15H2,(H,24,25). The highest BCUT2D eigenvalue weighted by Crippen LogP contribution is 2.19. The van der Waals surface area contributed by atoms with Gasteiger partial charge in [0.15, 0.2) is 6.61 Å². The maximum absolute atomic E-state index is 13.1. The Kier molecular flexibility index (Phi) is 6.35. The zero-order chi connectivity index (χ0) is 18.9. The van der Waals surface area contributed by atoms with Crippen molar-refractivity contribution in [3.8, 4) is 11.5 Å². The first-order valence-electron chi connectivity index (χ1n) is 8.45. The summed E-state index contributed by atoms with van der Waals surface area (Å²) in [6.45, 7) is 0.627. The van der Waals surface area contributed by atoms with E-state index in [9.17, 15) is 9.18 Å². The number of nitrogens with zero attached hydrogens (tertiary/aromatic N) is 1. The number of carbonyl (C=O) groups is 1. The maximum Gasteiger partial charge on any atom is 0.258 e. The molecular weight excluding hydrogens is 347 g/mol. The molecule has 1 heterocycles. The van der Waals surface area contributed by atoms with Gasteiger partial charge in [0.2, 0.25) is 0 Å². The second-order valence-electron chi connectivity index (χ2n) is 5.81. The number of benzene rings is 2. The monoisotopic (exact) mass is 366 g/mol. The third-order valence-electron chi connectivity index (χ3n) is 3.73. The Morgan fingerprint density at radius 1 is 0.926 bits per heavy atom. The first-order chi connectivity index (χ1) is 13.2. The van der Waals surface area contributed by atoms with E-state index in [2.05, 4.69) is 10.3 Å². The number of carbonyl (C=O) groups excluding carboxylic acids is 1. The summed E-state index contributed by atoms with van der Waals surface area (Å²) in [5, 5.41) is 2.78. The van der Waals surface area contributed by atoms with Crippen LogP contribution < -0.4 is 14.8 Å². The lowest BCUT2D eigenvalue weighted by Crippen LogP contribution is -2.28. The van der Waals surface area contributed by atoms with Crippen LogP contribution in [-0.4, -0.2) is 17.5 Å². The highest BCUT2D eigenvalue weighted by Gasteiger charge is 2.04. The Morgan fingerprint density at radius 2 is 1.63 bits per heavy atom. The Labute approximate surface area is 156 Å². The molecule has 6 heteroatoms. The predicted octanol–water partition coefficient (Wildman–Crippen LogP) is 3.49. The normalized spacial score (nSPS) is 10.3. The van der Waals surface area contributed by atoms with Crippen molar-refractivity contribution in [2.45, 2.75) is 13.2 Å². The topological polar surface area (TPSA) is 60.5 Å². The van der Waals surface area contributed by atoms with Crippen LogP contribution in [0.5, 0.6) is 11.5 Å². The minimum atomic E-state index is -0.290. The van der Waals surface area contributed by atoms with Crippen molar-refractivity contribution in [2.75, 3.05) is 6.61 Å². The second-order valence-corrected chi connectivity index (χ2v) is 5.81. The first-order valence-corrected chi connectivity index (χ1v) is 8.45. The number of hydrogen-bond donors (Lipinski definition) is 1. The van der Waals surface area contributed by atoms with E-state index < -0.39 is 0 Å². The number of ether oxygens (including phenoxy) is 2. The molecule has 1 aromatic heterocycles. The van der Waals surface area contributed by atoms with Crippen LogP contribution in [0.25, 0.3) is 0 Å². The van der Waals surface area contributed by atoms with E-state index in [1.807, 2.05) is 12.1 Å². The molecule has 5 nitrogen and oxygen atoms in total. The van der Waals surface area contributed by atoms with E-state index in [0.29, 0.717) is 18.0 Å². The van der Waals surface area contributed by atoms with Crippen molar-refractivity contribution in [3.63, 3.8) is 0 Å². The molecule has 3 rings (SSSR count). The van der Waals surface area contributed by atoms with Crippen molar-refractivity contribution in [3.05, 3.63) is 90.0 Å². The second kappa shape index (κ2) is 9.33. The summed E-state index contributed by atoms with van der Waals surface area (Å²) in [6, 6.07) is 16.9. The van der Waals surface area contributed by atoms with Crippen molar-refractivity contribution < 1.29 is 18.7 Å². The van der Waals surface area contributed by atoms with Gasteiger partial charge in [-0.1, -0.05) is 12.1 Å². The Balaban J connectivity index is 1.41. The predicted molar refractivity (Wildman–Crippen MR) is 98.8 cm³/mol. The van der Waals surface area contributed by atoms with Gasteiger partial charge in [0.25, 0.3) is 5.91 Å². The van der Waals surface area contributed by atoms with Gasteiger partial charge in [0.1, 0.15) is 23.9 Å². The van der Waals surface area contributed by atoms with E-state index >= 15 is 0 Å². The van der Waals surface area contributed by atoms with Gasteiger partial charge in [-0.3, -0.25) is 9.78 Å². The zero-order valence-electron chi connectivity index (χ0n) is 14.6. The summed E-state index contributed by atoms with van der Waals surface area (Å²) in [5.41, 5.74) is 1.72. The summed E-state index contributed by atoms with van der Waals surface area (Å²) < 4.78 is 24.2. The Morgan fingerprint density at radius 3 is 2.33 bits per heavy atom. The molecule has 0 aliphatic heterocycles. The summed E-state index contributed by atoms with van der Waals surface area (Å²) in [4.78, 5) is 15.8. The number of nitrogens with one attached hydrogen (secondary N) is 1. The van der Waals surface area contributed by atoms with E-state index in [4.69, 9.17) is 9.47 Å². The van der Waals surface area contributed by atoms with E-state index in [0.717, 1.165) is 11.1 Å². The van der Waals surface area contributed by atoms with Gasteiger partial charge in [0, 0.05) is 18.9 Å². The molecule has 2 aromatic carbocycles. The van der Waals surface area contributed by atoms with Gasteiger partial charge in [0.05, 0.1) is 0 Å². The minimum Gasteiger partial charge on any atom is -0.489 e. The van der Waals surface area contributed by atoms with Gasteiger partial charge >= 0.3 is 0 Å². The highest BCUT2D eigenvalue weighted by atomic mass is 19.1. The van der Waals surface area contributed by atoms with Crippen LogP contribution in [0, 0.1) is 5.82 Å². The van der Waals surface area contributed by atoms with Crippen LogP contribution in [0.3, 0.4) is 0 Å². The van der Waals surface area contributed by atoms with Gasteiger partial charge in [-0.15, -0.1) is 0 Å². The lowest BCUT2D eigenvalue weighted by molar-refractivity contribution is -0.123. The van der Waals surface area contributed by atoms with Gasteiger partial charge in [-0.25, -0.2) is 4.39 Å². The molecule has 1 amide bonds. The fourth-order valence-corrected chi connectivity index (χ4v) is 2.33. The number of aromatic nitrogens is 1. The number of amides is 1. The molecule has 0 aliphatic carbocycles. The molecule has 0 fully saturated rings. The molecule has 0 atom stereocenters. The molecule has 0 unspecified atom stereocenters. The zero-order valence-corrected chi connectivity index (χ0v) is 14.6. The van der Waals surface area contributed by atoms with E-state index in [1.54, 1.807) is 48.8 Å². The van der Waals surface area contributed by atoms with Crippen LogP contribution >= 0.6 is 0 Å². The number of halogens is 1. The van der Waals surface area contributed by atoms with Crippen LogP contribution in [0.1, 0.15) is 11.1 Å². The molecule has 3 aromatic rings. The van der Waals surface area contributed by atoms with Gasteiger partial charge < -0.3 is 14.8 Å². The third-order valence-corrected chi connectivity index (χ3v) is 3.73. The third kappa shape index (κ3) is 6.11. The average Bonchev–Trinajstić information content (AvgIpc) is 2.71. The van der Waals surface area contributed by atoms with Crippen LogP contribution in [0.2, 0.25) is 0 Å². The molecule has 1 N–H and O–H groups in total. The largest absolute Gasteiger partial charge is 0.489 e. The molecule has 0 saturated heterocycles. The van der Waals surface area contributed by atoms with Gasteiger partial charge in [-0.2, -0.15) is 0 Å². The molecule has 0 aliphatic rings. The molecule has 0 radical (unpaired) electrons. The highest BCUT2D eigenvalue weighted by molar-refractivity contribution is 5.77. The smallest absolute Gasteiger partial charge is 0.258 e. The SMILES string of the molecule is O=C(COc1ccc(OCc2cccc(F)c2)cc1)NCc1ccncc1. The quantitative estimate of drug-likeness (QED) is 0.663. The number of pyridine rings is 1. The van der Waals surface area contributed by atoms with Crippen LogP contribution in [0.15, 0.2) is 73.1 Å². The lowest BCUT2D eigenvalue weighted by Gasteiger charge is -2.09. The van der Waals surface area contributed by atoms with Crippen molar-refractivity contribution >= 4 is 5.91 Å². The number of rotatable bonds is 8. The summed E-state index contributed by atoms with van der Waals surface area (Å²) in [7, 11) is 0. The molecular formula is C21H19FN2O3. The van der Waals surface area contributed by atoms with Crippen LogP contribution in [0.4, 0.5) is 4.39 Å². The summed E-state index contributed by atoms with van der Waals surface area (Å²) in [5.74, 6) is 0.696. The Hall–Kier alpha value is -3.41. The first kappa shape index (κ1) is 18.4. The maximum atomic E-state index is 13.1. The van der Waals surface area contributed by atoms with E-state index in [1.165, 1.54) is 12.1 Å². The Bertz CT molecular complexity index is 870. The van der Waals surface area contributed by atoms with Crippen molar-refractivity contribution in [2.24, 2.45) is 0 Å². The minimum absolute atomic E-state index is 0.0748. The molecule has 0 spiro atoms. The average molecular weight is 366 g/mol. The molecule has 0 bridgehead atoms. The fourth-order valence-electron chi connectivity index (χ4n) is 2.33. The van der Waals surface area contributed by atoms with Crippen molar-refractivity contribution in [1.29, 1.82) is 0 Å². The van der Waals surface area contributed by atoms with E-state index in [-0.39, 0.29) is 24.9 Å². The van der Waals surface area contributed by atoms with Crippen molar-refractivity contribution in [1.82, 2.24) is 10.3 Å².